The Morgan fingerprint density at radius 3 is 2.17 bits per heavy atom. The van der Waals surface area contributed by atoms with Gasteiger partial charge in [-0.05, 0) is 63.5 Å². The highest BCUT2D eigenvalue weighted by molar-refractivity contribution is 4.82. The van der Waals surface area contributed by atoms with E-state index >= 15 is 0 Å². The van der Waals surface area contributed by atoms with Crippen molar-refractivity contribution in [3.05, 3.63) is 0 Å². The second-order valence-electron chi connectivity index (χ2n) is 6.89. The van der Waals surface area contributed by atoms with Gasteiger partial charge in [0.25, 0.3) is 0 Å². The summed E-state index contributed by atoms with van der Waals surface area (Å²) in [5.41, 5.74) is 0. The molecule has 1 heterocycles. The van der Waals surface area contributed by atoms with Crippen LogP contribution in [0.5, 0.6) is 0 Å². The molecule has 0 unspecified atom stereocenters. The monoisotopic (exact) mass is 251 g/mol. The summed E-state index contributed by atoms with van der Waals surface area (Å²) in [7, 11) is 0. The third-order valence-electron chi connectivity index (χ3n) is 5.37. The minimum Gasteiger partial charge on any atom is -0.300 e. The average Bonchev–Trinajstić information content (AvgIpc) is 2.41. The molecule has 2 fully saturated rings. The Hall–Kier alpha value is -0.0400. The van der Waals surface area contributed by atoms with Crippen LogP contribution in [0.2, 0.25) is 0 Å². The molecule has 0 amide bonds. The molecule has 0 N–H and O–H groups in total. The summed E-state index contributed by atoms with van der Waals surface area (Å²) < 4.78 is 0. The van der Waals surface area contributed by atoms with Crippen LogP contribution in [0.15, 0.2) is 0 Å². The fourth-order valence-corrected chi connectivity index (χ4v) is 3.90. The van der Waals surface area contributed by atoms with Crippen LogP contribution in [0, 0.1) is 11.8 Å². The molecular formula is C17H33N. The zero-order valence-electron chi connectivity index (χ0n) is 12.7. The van der Waals surface area contributed by atoms with Gasteiger partial charge in [0.2, 0.25) is 0 Å². The van der Waals surface area contributed by atoms with Gasteiger partial charge < -0.3 is 4.90 Å². The van der Waals surface area contributed by atoms with Gasteiger partial charge in [-0.1, -0.05) is 39.5 Å². The van der Waals surface area contributed by atoms with Crippen LogP contribution in [-0.4, -0.2) is 24.0 Å². The Bertz CT molecular complexity index is 210. The van der Waals surface area contributed by atoms with E-state index < -0.39 is 0 Å². The number of piperidine rings is 1. The van der Waals surface area contributed by atoms with E-state index in [1.165, 1.54) is 77.3 Å². The highest BCUT2D eigenvalue weighted by Crippen LogP contribution is 2.31. The van der Waals surface area contributed by atoms with Crippen LogP contribution in [-0.2, 0) is 0 Å². The number of unbranched alkanes of at least 4 members (excludes halogenated alkanes) is 2. The van der Waals surface area contributed by atoms with E-state index in [4.69, 9.17) is 0 Å². The molecule has 1 aliphatic carbocycles. The van der Waals surface area contributed by atoms with Crippen molar-refractivity contribution in [2.45, 2.75) is 84.1 Å². The Kier molecular flexibility index (Phi) is 6.01. The average molecular weight is 251 g/mol. The fraction of sp³-hybridized carbons (Fsp3) is 1.00. The zero-order chi connectivity index (χ0) is 12.8. The minimum absolute atomic E-state index is 0.942. The summed E-state index contributed by atoms with van der Waals surface area (Å²) in [5, 5.41) is 0. The number of likely N-dealkylation sites (tertiary alicyclic amines) is 1. The predicted molar refractivity (Wildman–Crippen MR) is 79.9 cm³/mol. The number of hydrogen-bond donors (Lipinski definition) is 0. The summed E-state index contributed by atoms with van der Waals surface area (Å²) >= 11 is 0. The molecule has 0 spiro atoms. The molecule has 1 heteroatoms. The molecule has 18 heavy (non-hydrogen) atoms. The minimum atomic E-state index is 0.942. The first kappa shape index (κ1) is 14.4. The third kappa shape index (κ3) is 4.26. The van der Waals surface area contributed by atoms with E-state index in [1.807, 2.05) is 0 Å². The molecule has 1 saturated carbocycles. The SMILES string of the molecule is CCCCCC1CCN(C2CCC(C)CC2)CC1. The largest absolute Gasteiger partial charge is 0.300 e. The lowest BCUT2D eigenvalue weighted by molar-refractivity contribution is 0.0939. The van der Waals surface area contributed by atoms with Crippen molar-refractivity contribution in [1.82, 2.24) is 4.90 Å². The van der Waals surface area contributed by atoms with Crippen molar-refractivity contribution in [2.24, 2.45) is 11.8 Å². The highest BCUT2D eigenvalue weighted by Gasteiger charge is 2.27. The Balaban J connectivity index is 1.63. The van der Waals surface area contributed by atoms with Crippen LogP contribution in [0.25, 0.3) is 0 Å². The van der Waals surface area contributed by atoms with E-state index in [0.29, 0.717) is 0 Å². The van der Waals surface area contributed by atoms with Gasteiger partial charge >= 0.3 is 0 Å². The first-order valence-electron chi connectivity index (χ1n) is 8.53. The molecular weight excluding hydrogens is 218 g/mol. The first-order valence-corrected chi connectivity index (χ1v) is 8.53. The van der Waals surface area contributed by atoms with Crippen molar-refractivity contribution >= 4 is 0 Å². The highest BCUT2D eigenvalue weighted by atomic mass is 15.2. The molecule has 0 aromatic rings. The number of rotatable bonds is 5. The molecule has 1 aliphatic heterocycles. The van der Waals surface area contributed by atoms with Gasteiger partial charge in [0.05, 0.1) is 0 Å². The quantitative estimate of drug-likeness (QED) is 0.631. The Labute approximate surface area is 114 Å². The van der Waals surface area contributed by atoms with Gasteiger partial charge in [-0.15, -0.1) is 0 Å². The molecule has 0 bridgehead atoms. The summed E-state index contributed by atoms with van der Waals surface area (Å²) in [6, 6.07) is 0.942. The number of nitrogens with zero attached hydrogens (tertiary/aromatic N) is 1. The van der Waals surface area contributed by atoms with Crippen LogP contribution in [0.4, 0.5) is 0 Å². The lowest BCUT2D eigenvalue weighted by Crippen LogP contribution is -2.43. The van der Waals surface area contributed by atoms with Gasteiger partial charge in [-0.3, -0.25) is 0 Å². The van der Waals surface area contributed by atoms with Crippen LogP contribution in [0.1, 0.15) is 78.1 Å². The second-order valence-corrected chi connectivity index (χ2v) is 6.89. The van der Waals surface area contributed by atoms with Crippen molar-refractivity contribution in [1.29, 1.82) is 0 Å². The van der Waals surface area contributed by atoms with Gasteiger partial charge in [-0.2, -0.15) is 0 Å². The standard InChI is InChI=1S/C17H33N/c1-3-4-5-6-16-11-13-18(14-12-16)17-9-7-15(2)8-10-17/h15-17H,3-14H2,1-2H3. The fourth-order valence-electron chi connectivity index (χ4n) is 3.90. The van der Waals surface area contributed by atoms with Crippen molar-refractivity contribution in [2.75, 3.05) is 13.1 Å². The topological polar surface area (TPSA) is 3.24 Å². The summed E-state index contributed by atoms with van der Waals surface area (Å²) in [6.45, 7) is 7.54. The molecule has 106 valence electrons. The smallest absolute Gasteiger partial charge is 0.00954 e. The van der Waals surface area contributed by atoms with Gasteiger partial charge in [0.1, 0.15) is 0 Å². The van der Waals surface area contributed by atoms with E-state index in [0.717, 1.165) is 17.9 Å². The molecule has 2 rings (SSSR count). The van der Waals surface area contributed by atoms with Crippen molar-refractivity contribution < 1.29 is 0 Å². The van der Waals surface area contributed by atoms with E-state index in [-0.39, 0.29) is 0 Å². The first-order chi connectivity index (χ1) is 8.79. The van der Waals surface area contributed by atoms with E-state index in [9.17, 15) is 0 Å². The van der Waals surface area contributed by atoms with E-state index in [1.54, 1.807) is 0 Å². The van der Waals surface area contributed by atoms with Crippen LogP contribution in [0.3, 0.4) is 0 Å². The summed E-state index contributed by atoms with van der Waals surface area (Å²) in [4.78, 5) is 2.82. The van der Waals surface area contributed by atoms with Crippen molar-refractivity contribution in [3.63, 3.8) is 0 Å². The van der Waals surface area contributed by atoms with Crippen molar-refractivity contribution in [3.8, 4) is 0 Å². The maximum atomic E-state index is 2.82. The third-order valence-corrected chi connectivity index (χ3v) is 5.37. The normalized spacial score (nSPS) is 31.7. The molecule has 2 aliphatic rings. The molecule has 0 radical (unpaired) electrons. The van der Waals surface area contributed by atoms with Gasteiger partial charge in [0, 0.05) is 6.04 Å². The maximum Gasteiger partial charge on any atom is 0.00954 e. The molecule has 1 saturated heterocycles. The predicted octanol–water partition coefficient (Wildman–Crippen LogP) is 4.86. The molecule has 0 aromatic heterocycles. The molecule has 0 atom stereocenters. The zero-order valence-corrected chi connectivity index (χ0v) is 12.7. The summed E-state index contributed by atoms with van der Waals surface area (Å²) in [6.07, 6.45) is 14.7. The van der Waals surface area contributed by atoms with Gasteiger partial charge in [-0.25, -0.2) is 0 Å². The molecule has 0 aromatic carbocycles. The Morgan fingerprint density at radius 1 is 0.889 bits per heavy atom. The number of hydrogen-bond acceptors (Lipinski definition) is 1. The molecule has 1 nitrogen and oxygen atoms in total. The van der Waals surface area contributed by atoms with Crippen LogP contribution < -0.4 is 0 Å². The van der Waals surface area contributed by atoms with E-state index in [2.05, 4.69) is 18.7 Å². The van der Waals surface area contributed by atoms with Crippen LogP contribution >= 0.6 is 0 Å². The van der Waals surface area contributed by atoms with Gasteiger partial charge in [0.15, 0.2) is 0 Å². The second kappa shape index (κ2) is 7.53. The lowest BCUT2D eigenvalue weighted by atomic mass is 9.84. The summed E-state index contributed by atoms with van der Waals surface area (Å²) in [5.74, 6) is 2.04. The Morgan fingerprint density at radius 2 is 1.56 bits per heavy atom. The maximum absolute atomic E-state index is 2.82. The lowest BCUT2D eigenvalue weighted by Gasteiger charge is -2.40.